The van der Waals surface area contributed by atoms with Crippen molar-refractivity contribution < 1.29 is 4.79 Å². The molecule has 0 spiro atoms. The van der Waals surface area contributed by atoms with Crippen LogP contribution in [-0.4, -0.2) is 18.5 Å². The van der Waals surface area contributed by atoms with Gasteiger partial charge in [-0.1, -0.05) is 30.4 Å². The summed E-state index contributed by atoms with van der Waals surface area (Å²) in [4.78, 5) is 14.2. The van der Waals surface area contributed by atoms with Crippen LogP contribution in [0.5, 0.6) is 0 Å². The van der Waals surface area contributed by atoms with Gasteiger partial charge in [0.1, 0.15) is 0 Å². The molecule has 98 valence electrons. The Hall–Kier alpha value is -2.12. The van der Waals surface area contributed by atoms with Crippen LogP contribution in [0.4, 0.5) is 5.69 Å². The lowest BCUT2D eigenvalue weighted by Gasteiger charge is -2.24. The van der Waals surface area contributed by atoms with Gasteiger partial charge in [-0.2, -0.15) is 5.26 Å². The highest BCUT2D eigenvalue weighted by Gasteiger charge is 2.27. The second kappa shape index (κ2) is 6.17. The number of rotatable bonds is 4. The molecule has 1 amide bonds. The molecule has 19 heavy (non-hydrogen) atoms. The van der Waals surface area contributed by atoms with E-state index >= 15 is 0 Å². The van der Waals surface area contributed by atoms with Gasteiger partial charge in [0.2, 0.25) is 5.91 Å². The minimum absolute atomic E-state index is 0.0191. The number of nitriles is 1. The Morgan fingerprint density at radius 2 is 2.11 bits per heavy atom. The molecular weight excluding hydrogens is 238 g/mol. The summed E-state index contributed by atoms with van der Waals surface area (Å²) in [6, 6.07) is 11.5. The molecule has 0 saturated heterocycles. The van der Waals surface area contributed by atoms with Crippen molar-refractivity contribution in [3.63, 3.8) is 0 Å². The molecule has 0 fully saturated rings. The summed E-state index contributed by atoms with van der Waals surface area (Å²) in [6.45, 7) is 0.416. The van der Waals surface area contributed by atoms with Crippen molar-refractivity contribution in [2.75, 3.05) is 11.4 Å². The maximum Gasteiger partial charge on any atom is 0.234 e. The number of hydrogen-bond donors (Lipinski definition) is 1. The molecule has 2 atom stereocenters. The van der Waals surface area contributed by atoms with Crippen LogP contribution in [0.1, 0.15) is 12.8 Å². The molecule has 1 aliphatic carbocycles. The van der Waals surface area contributed by atoms with E-state index in [1.54, 1.807) is 4.90 Å². The number of nitrogens with zero attached hydrogens (tertiary/aromatic N) is 2. The van der Waals surface area contributed by atoms with E-state index in [0.29, 0.717) is 19.4 Å². The molecule has 1 aliphatic rings. The summed E-state index contributed by atoms with van der Waals surface area (Å²) in [5.74, 6) is -0.153. The molecule has 0 saturated carbocycles. The van der Waals surface area contributed by atoms with Crippen LogP contribution in [0.3, 0.4) is 0 Å². The summed E-state index contributed by atoms with van der Waals surface area (Å²) in [5, 5.41) is 8.73. The minimum atomic E-state index is -0.172. The highest BCUT2D eigenvalue weighted by atomic mass is 16.2. The van der Waals surface area contributed by atoms with Crippen molar-refractivity contribution in [3.8, 4) is 6.07 Å². The Kier molecular flexibility index (Phi) is 4.32. The van der Waals surface area contributed by atoms with Crippen molar-refractivity contribution in [1.82, 2.24) is 0 Å². The number of amides is 1. The molecule has 0 radical (unpaired) electrons. The van der Waals surface area contributed by atoms with Crippen LogP contribution in [0.15, 0.2) is 42.5 Å². The molecule has 4 heteroatoms. The summed E-state index contributed by atoms with van der Waals surface area (Å²) in [6.07, 6.45) is 4.71. The smallest absolute Gasteiger partial charge is 0.234 e. The van der Waals surface area contributed by atoms with Gasteiger partial charge in [-0.3, -0.25) is 4.79 Å². The van der Waals surface area contributed by atoms with E-state index in [0.717, 1.165) is 5.69 Å². The highest BCUT2D eigenvalue weighted by Crippen LogP contribution is 2.23. The summed E-state index contributed by atoms with van der Waals surface area (Å²) < 4.78 is 0. The second-order valence-electron chi connectivity index (χ2n) is 4.62. The van der Waals surface area contributed by atoms with Gasteiger partial charge in [-0.15, -0.1) is 0 Å². The molecular formula is C15H17N3O. The quantitative estimate of drug-likeness (QED) is 0.834. The third kappa shape index (κ3) is 3.21. The maximum atomic E-state index is 12.5. The number of para-hydroxylation sites is 1. The average Bonchev–Trinajstić information content (AvgIpc) is 2.87. The van der Waals surface area contributed by atoms with Crippen LogP contribution in [0.25, 0.3) is 0 Å². The van der Waals surface area contributed by atoms with Gasteiger partial charge in [-0.05, 0) is 18.6 Å². The number of carbonyl (C=O) groups is 1. The zero-order valence-electron chi connectivity index (χ0n) is 10.7. The van der Waals surface area contributed by atoms with Gasteiger partial charge >= 0.3 is 0 Å². The molecule has 1 aromatic rings. The fourth-order valence-corrected chi connectivity index (χ4v) is 2.25. The topological polar surface area (TPSA) is 70.1 Å². The summed E-state index contributed by atoms with van der Waals surface area (Å²) in [5.41, 5.74) is 6.62. The van der Waals surface area contributed by atoms with E-state index in [1.165, 1.54) is 0 Å². The first-order chi connectivity index (χ1) is 9.22. The van der Waals surface area contributed by atoms with E-state index in [1.807, 2.05) is 42.5 Å². The van der Waals surface area contributed by atoms with E-state index in [4.69, 9.17) is 11.0 Å². The van der Waals surface area contributed by atoms with Crippen LogP contribution < -0.4 is 10.6 Å². The first-order valence-electron chi connectivity index (χ1n) is 6.39. The third-order valence-electron chi connectivity index (χ3n) is 3.22. The van der Waals surface area contributed by atoms with E-state index in [9.17, 15) is 4.79 Å². The summed E-state index contributed by atoms with van der Waals surface area (Å²) in [7, 11) is 0. The average molecular weight is 255 g/mol. The molecule has 0 aliphatic heterocycles. The van der Waals surface area contributed by atoms with Gasteiger partial charge in [0, 0.05) is 18.3 Å². The van der Waals surface area contributed by atoms with Gasteiger partial charge in [0.25, 0.3) is 0 Å². The predicted octanol–water partition coefficient (Wildman–Crippen LogP) is 1.84. The summed E-state index contributed by atoms with van der Waals surface area (Å²) >= 11 is 0. The Balaban J connectivity index is 2.16. The third-order valence-corrected chi connectivity index (χ3v) is 3.22. The van der Waals surface area contributed by atoms with Crippen molar-refractivity contribution >= 4 is 11.6 Å². The van der Waals surface area contributed by atoms with Gasteiger partial charge in [0.15, 0.2) is 0 Å². The number of carbonyl (C=O) groups excluding carboxylic acids is 1. The second-order valence-corrected chi connectivity index (χ2v) is 4.62. The Morgan fingerprint density at radius 3 is 2.68 bits per heavy atom. The Labute approximate surface area is 113 Å². The van der Waals surface area contributed by atoms with E-state index < -0.39 is 0 Å². The highest BCUT2D eigenvalue weighted by molar-refractivity contribution is 5.96. The fourth-order valence-electron chi connectivity index (χ4n) is 2.25. The molecule has 2 unspecified atom stereocenters. The standard InChI is InChI=1S/C15H17N3O/c16-9-4-10-18(14-5-2-1-3-6-14)15(19)12-7-8-13(17)11-12/h1-3,5-8,12-13H,4,10-11,17H2. The van der Waals surface area contributed by atoms with E-state index in [-0.39, 0.29) is 17.9 Å². The van der Waals surface area contributed by atoms with Crippen molar-refractivity contribution in [1.29, 1.82) is 5.26 Å². The van der Waals surface area contributed by atoms with Crippen molar-refractivity contribution in [2.45, 2.75) is 18.9 Å². The normalized spacial score (nSPS) is 21.1. The lowest BCUT2D eigenvalue weighted by Crippen LogP contribution is -2.36. The molecule has 0 heterocycles. The van der Waals surface area contributed by atoms with Gasteiger partial charge < -0.3 is 10.6 Å². The fraction of sp³-hybridized carbons (Fsp3) is 0.333. The van der Waals surface area contributed by atoms with Crippen LogP contribution in [0, 0.1) is 17.2 Å². The molecule has 4 nitrogen and oxygen atoms in total. The lowest BCUT2D eigenvalue weighted by atomic mass is 10.1. The van der Waals surface area contributed by atoms with Crippen LogP contribution in [-0.2, 0) is 4.79 Å². The largest absolute Gasteiger partial charge is 0.324 e. The Bertz CT molecular complexity index is 504. The van der Waals surface area contributed by atoms with Crippen LogP contribution in [0.2, 0.25) is 0 Å². The SMILES string of the molecule is N#CCCN(C(=O)C1C=CC(N)C1)c1ccccc1. The molecule has 1 aromatic carbocycles. The molecule has 2 N–H and O–H groups in total. The molecule has 2 rings (SSSR count). The maximum absolute atomic E-state index is 12.5. The zero-order valence-corrected chi connectivity index (χ0v) is 10.7. The Morgan fingerprint density at radius 1 is 1.37 bits per heavy atom. The van der Waals surface area contributed by atoms with Crippen molar-refractivity contribution in [2.24, 2.45) is 11.7 Å². The molecule has 0 bridgehead atoms. The molecule has 0 aromatic heterocycles. The van der Waals surface area contributed by atoms with E-state index in [2.05, 4.69) is 6.07 Å². The predicted molar refractivity (Wildman–Crippen MR) is 74.2 cm³/mol. The van der Waals surface area contributed by atoms with Crippen molar-refractivity contribution in [3.05, 3.63) is 42.5 Å². The number of hydrogen-bond acceptors (Lipinski definition) is 3. The first-order valence-corrected chi connectivity index (χ1v) is 6.39. The van der Waals surface area contributed by atoms with Gasteiger partial charge in [-0.25, -0.2) is 0 Å². The number of benzene rings is 1. The van der Waals surface area contributed by atoms with Crippen LogP contribution >= 0.6 is 0 Å². The monoisotopic (exact) mass is 255 g/mol. The number of anilines is 1. The van der Waals surface area contributed by atoms with Gasteiger partial charge in [0.05, 0.1) is 18.4 Å². The number of nitrogens with two attached hydrogens (primary N) is 1. The minimum Gasteiger partial charge on any atom is -0.324 e. The zero-order chi connectivity index (χ0) is 13.7. The lowest BCUT2D eigenvalue weighted by molar-refractivity contribution is -0.121. The first kappa shape index (κ1) is 13.3.